The van der Waals surface area contributed by atoms with E-state index in [0.717, 1.165) is 35.7 Å². The zero-order chi connectivity index (χ0) is 31.9. The van der Waals surface area contributed by atoms with Gasteiger partial charge in [-0.05, 0) is 71.5 Å². The second kappa shape index (κ2) is 14.1. The summed E-state index contributed by atoms with van der Waals surface area (Å²) < 4.78 is 6.02. The van der Waals surface area contributed by atoms with Crippen molar-refractivity contribution in [2.24, 2.45) is 5.92 Å². The third-order valence-corrected chi connectivity index (χ3v) is 8.29. The Labute approximate surface area is 268 Å². The summed E-state index contributed by atoms with van der Waals surface area (Å²) in [6, 6.07) is 36.1. The van der Waals surface area contributed by atoms with Gasteiger partial charge in [0.2, 0.25) is 0 Å². The second-order valence-electron chi connectivity index (χ2n) is 11.7. The molecule has 0 heterocycles. The number of ether oxygens (including phenoxy) is 1. The van der Waals surface area contributed by atoms with Gasteiger partial charge < -0.3 is 20.1 Å². The molecule has 1 atom stereocenters. The summed E-state index contributed by atoms with van der Waals surface area (Å²) in [5.74, 6) is 0.00352. The van der Waals surface area contributed by atoms with Gasteiger partial charge in [-0.2, -0.15) is 0 Å². The molecule has 6 rings (SSSR count). The third kappa shape index (κ3) is 7.61. The Balaban J connectivity index is 1.07. The number of aliphatic carboxylic acids is 1. The first kappa shape index (κ1) is 30.6. The van der Waals surface area contributed by atoms with E-state index in [0.29, 0.717) is 47.2 Å². The highest BCUT2D eigenvalue weighted by Gasteiger charge is 2.27. The van der Waals surface area contributed by atoms with Gasteiger partial charge in [0.1, 0.15) is 18.4 Å². The lowest BCUT2D eigenvalue weighted by Crippen LogP contribution is -2.36. The molecule has 0 unspecified atom stereocenters. The molecule has 1 fully saturated rings. The smallest absolute Gasteiger partial charge is 0.326 e. The highest BCUT2D eigenvalue weighted by Crippen LogP contribution is 2.30. The molecule has 1 saturated carbocycles. The molecule has 2 N–H and O–H groups in total. The molecule has 0 saturated heterocycles. The predicted octanol–water partition coefficient (Wildman–Crippen LogP) is 7.11. The van der Waals surface area contributed by atoms with Crippen LogP contribution in [0.1, 0.15) is 44.7 Å². The van der Waals surface area contributed by atoms with Crippen molar-refractivity contribution in [1.82, 2.24) is 4.90 Å². The van der Waals surface area contributed by atoms with Crippen molar-refractivity contribution in [1.29, 1.82) is 0 Å². The molecule has 1 aliphatic carbocycles. The second-order valence-corrected chi connectivity index (χ2v) is 11.7. The van der Waals surface area contributed by atoms with E-state index in [1.807, 2.05) is 77.7 Å². The van der Waals surface area contributed by atoms with Crippen molar-refractivity contribution in [2.75, 3.05) is 25.0 Å². The minimum atomic E-state index is -1.02. The van der Waals surface area contributed by atoms with Crippen molar-refractivity contribution < 1.29 is 24.2 Å². The van der Waals surface area contributed by atoms with Crippen LogP contribution in [0.15, 0.2) is 121 Å². The number of amides is 1. The van der Waals surface area contributed by atoms with Crippen LogP contribution >= 0.6 is 0 Å². The maximum atomic E-state index is 13.5. The van der Waals surface area contributed by atoms with Crippen LogP contribution in [-0.4, -0.2) is 53.4 Å². The number of fused-ring (bicyclic) bond motifs is 1. The molecule has 0 aliphatic heterocycles. The lowest BCUT2D eigenvalue weighted by atomic mass is 10.00. The molecule has 1 amide bonds. The highest BCUT2D eigenvalue weighted by atomic mass is 16.5. The summed E-state index contributed by atoms with van der Waals surface area (Å²) in [5, 5.41) is 15.2. The Hall–Kier alpha value is -5.43. The summed E-state index contributed by atoms with van der Waals surface area (Å²) >= 11 is 0. The van der Waals surface area contributed by atoms with Crippen LogP contribution in [0.2, 0.25) is 0 Å². The van der Waals surface area contributed by atoms with Crippen LogP contribution in [0.5, 0.6) is 5.75 Å². The van der Waals surface area contributed by atoms with Crippen LogP contribution in [0, 0.1) is 5.92 Å². The van der Waals surface area contributed by atoms with E-state index in [9.17, 15) is 19.5 Å². The number of nitrogens with zero attached hydrogens (tertiary/aromatic N) is 1. The number of ketones is 1. The van der Waals surface area contributed by atoms with Crippen LogP contribution < -0.4 is 10.1 Å². The average molecular weight is 613 g/mol. The molecule has 7 heteroatoms. The number of carbonyl (C=O) groups is 3. The molecular weight excluding hydrogens is 576 g/mol. The Morgan fingerprint density at radius 3 is 2.22 bits per heavy atom. The van der Waals surface area contributed by atoms with E-state index in [4.69, 9.17) is 4.74 Å². The molecule has 232 valence electrons. The molecule has 0 spiro atoms. The zero-order valence-corrected chi connectivity index (χ0v) is 25.5. The normalized spacial score (nSPS) is 13.1. The van der Waals surface area contributed by atoms with Gasteiger partial charge in [0.05, 0.1) is 6.54 Å². The van der Waals surface area contributed by atoms with E-state index in [1.54, 1.807) is 48.5 Å². The number of anilines is 1. The van der Waals surface area contributed by atoms with Gasteiger partial charge in [0, 0.05) is 35.3 Å². The van der Waals surface area contributed by atoms with Gasteiger partial charge in [-0.1, -0.05) is 84.9 Å². The van der Waals surface area contributed by atoms with Gasteiger partial charge >= 0.3 is 5.97 Å². The Morgan fingerprint density at radius 1 is 0.783 bits per heavy atom. The first-order valence-electron chi connectivity index (χ1n) is 15.6. The van der Waals surface area contributed by atoms with Gasteiger partial charge in [0.15, 0.2) is 5.78 Å². The van der Waals surface area contributed by atoms with Crippen molar-refractivity contribution in [2.45, 2.75) is 25.3 Å². The number of carboxylic acids is 1. The molecular formula is C39H36N2O5. The van der Waals surface area contributed by atoms with E-state index < -0.39 is 12.0 Å². The predicted molar refractivity (Wildman–Crippen MR) is 180 cm³/mol. The molecule has 0 radical (unpaired) electrons. The van der Waals surface area contributed by atoms with Crippen LogP contribution in [0.25, 0.3) is 10.8 Å². The SMILES string of the molecule is O=C(c1ccccc1)c1ccccc1N[C@@H](Cc1ccc(OCCN(CC2CC2)C(=O)c2ccc3ccccc3c2)cc1)C(=O)O. The van der Waals surface area contributed by atoms with Crippen LogP contribution in [0.3, 0.4) is 0 Å². The third-order valence-electron chi connectivity index (χ3n) is 8.29. The van der Waals surface area contributed by atoms with Gasteiger partial charge in [-0.3, -0.25) is 9.59 Å². The van der Waals surface area contributed by atoms with Crippen molar-refractivity contribution in [3.63, 3.8) is 0 Å². The number of nitrogens with one attached hydrogen (secondary N) is 1. The Bertz CT molecular complexity index is 1830. The fraction of sp³-hybridized carbons (Fsp3) is 0.205. The molecule has 7 nitrogen and oxygen atoms in total. The van der Waals surface area contributed by atoms with Crippen molar-refractivity contribution >= 4 is 34.1 Å². The van der Waals surface area contributed by atoms with Crippen LogP contribution in [-0.2, 0) is 11.2 Å². The average Bonchev–Trinajstić information content (AvgIpc) is 3.92. The summed E-state index contributed by atoms with van der Waals surface area (Å²) in [7, 11) is 0. The maximum absolute atomic E-state index is 13.5. The largest absolute Gasteiger partial charge is 0.492 e. The van der Waals surface area contributed by atoms with Crippen molar-refractivity contribution in [3.05, 3.63) is 144 Å². The fourth-order valence-electron chi connectivity index (χ4n) is 5.56. The molecule has 1 aliphatic rings. The number of para-hydroxylation sites is 1. The summed E-state index contributed by atoms with van der Waals surface area (Å²) in [6.07, 6.45) is 2.49. The minimum Gasteiger partial charge on any atom is -0.492 e. The van der Waals surface area contributed by atoms with Gasteiger partial charge in [-0.15, -0.1) is 0 Å². The van der Waals surface area contributed by atoms with Gasteiger partial charge in [0.25, 0.3) is 5.91 Å². The number of carboxylic acid groups (broad SMARTS) is 1. The number of rotatable bonds is 14. The quantitative estimate of drug-likeness (QED) is 0.130. The van der Waals surface area contributed by atoms with E-state index >= 15 is 0 Å². The maximum Gasteiger partial charge on any atom is 0.326 e. The lowest BCUT2D eigenvalue weighted by Gasteiger charge is -2.23. The highest BCUT2D eigenvalue weighted by molar-refractivity contribution is 6.12. The molecule has 0 bridgehead atoms. The molecule has 5 aromatic rings. The summed E-state index contributed by atoms with van der Waals surface area (Å²) in [5.41, 5.74) is 2.91. The van der Waals surface area contributed by atoms with E-state index in [2.05, 4.69) is 5.32 Å². The fourth-order valence-corrected chi connectivity index (χ4v) is 5.56. The molecule has 46 heavy (non-hydrogen) atoms. The Kier molecular flexibility index (Phi) is 9.39. The first-order chi connectivity index (χ1) is 22.4. The number of hydrogen-bond acceptors (Lipinski definition) is 5. The number of carbonyl (C=O) groups excluding carboxylic acids is 2. The first-order valence-corrected chi connectivity index (χ1v) is 15.6. The molecule has 0 aromatic heterocycles. The topological polar surface area (TPSA) is 95.9 Å². The van der Waals surface area contributed by atoms with Gasteiger partial charge in [-0.25, -0.2) is 4.79 Å². The van der Waals surface area contributed by atoms with E-state index in [1.165, 1.54) is 0 Å². The Morgan fingerprint density at radius 2 is 1.48 bits per heavy atom. The number of hydrogen-bond donors (Lipinski definition) is 2. The standard InChI is InChI=1S/C39H36N2O5/c42-37(30-9-2-1-3-10-30)34-12-6-7-13-35(34)40-36(39(44)45)24-27-16-20-33(21-17-27)46-23-22-41(26-28-14-15-28)38(43)32-19-18-29-8-4-5-11-31(29)25-32/h1-13,16-21,25,28,36,40H,14-15,22-24,26H2,(H,44,45)/t36-/m0/s1. The summed E-state index contributed by atoms with van der Waals surface area (Å²) in [6.45, 7) is 1.53. The molecule has 5 aromatic carbocycles. The lowest BCUT2D eigenvalue weighted by molar-refractivity contribution is -0.137. The zero-order valence-electron chi connectivity index (χ0n) is 25.5. The monoisotopic (exact) mass is 612 g/mol. The van der Waals surface area contributed by atoms with Crippen LogP contribution in [0.4, 0.5) is 5.69 Å². The minimum absolute atomic E-state index is 0.0101. The summed E-state index contributed by atoms with van der Waals surface area (Å²) in [4.78, 5) is 40.7. The van der Waals surface area contributed by atoms with E-state index in [-0.39, 0.29) is 18.1 Å². The number of benzene rings is 5. The van der Waals surface area contributed by atoms with Crippen molar-refractivity contribution in [3.8, 4) is 5.75 Å².